The third-order valence-electron chi connectivity index (χ3n) is 3.82. The first kappa shape index (κ1) is 14.8. The highest BCUT2D eigenvalue weighted by molar-refractivity contribution is 6.30. The lowest BCUT2D eigenvalue weighted by atomic mass is 10.2. The van der Waals surface area contributed by atoms with Crippen LogP contribution in [0.3, 0.4) is 0 Å². The number of aromatic nitrogens is 2. The summed E-state index contributed by atoms with van der Waals surface area (Å²) < 4.78 is 5.94. The molecule has 0 radical (unpaired) electrons. The molecule has 2 heterocycles. The van der Waals surface area contributed by atoms with Crippen molar-refractivity contribution in [1.29, 1.82) is 0 Å². The van der Waals surface area contributed by atoms with E-state index in [0.717, 1.165) is 27.6 Å². The molecule has 2 N–H and O–H groups in total. The van der Waals surface area contributed by atoms with Gasteiger partial charge in [-0.25, -0.2) is 4.98 Å². The Morgan fingerprint density at radius 2 is 1.92 bits per heavy atom. The molecule has 1 aliphatic heterocycles. The lowest BCUT2D eigenvalue weighted by Gasteiger charge is -2.12. The number of para-hydroxylation sites is 1. The summed E-state index contributed by atoms with van der Waals surface area (Å²) in [6.45, 7) is 1.29. The number of halogens is 1. The van der Waals surface area contributed by atoms with Gasteiger partial charge in [-0.05, 0) is 23.8 Å². The van der Waals surface area contributed by atoms with Gasteiger partial charge in [-0.15, -0.1) is 0 Å². The van der Waals surface area contributed by atoms with Crippen LogP contribution in [0, 0.1) is 0 Å². The zero-order valence-electron chi connectivity index (χ0n) is 12.8. The molecule has 0 saturated heterocycles. The van der Waals surface area contributed by atoms with Crippen molar-refractivity contribution in [3.05, 3.63) is 71.0 Å². The number of rotatable bonds is 3. The second-order valence-corrected chi connectivity index (χ2v) is 5.88. The molecular weight excluding hydrogens is 324 g/mol. The standard InChI is InChI=1S/C18H15ClN4O/c19-14-7-5-12(6-8-14)9-21-17-16-18(23-11-22-17)24-15-4-2-1-3-13(15)10-20-16/h1-8,11,20H,9-10H2,(H,21,22,23). The molecule has 120 valence electrons. The van der Waals surface area contributed by atoms with Crippen LogP contribution < -0.4 is 15.4 Å². The van der Waals surface area contributed by atoms with Gasteiger partial charge in [0.1, 0.15) is 17.8 Å². The highest BCUT2D eigenvalue weighted by atomic mass is 35.5. The summed E-state index contributed by atoms with van der Waals surface area (Å²) in [5.41, 5.74) is 2.96. The number of hydrogen-bond donors (Lipinski definition) is 2. The van der Waals surface area contributed by atoms with Gasteiger partial charge >= 0.3 is 0 Å². The molecule has 24 heavy (non-hydrogen) atoms. The van der Waals surface area contributed by atoms with Crippen LogP contribution in [0.15, 0.2) is 54.9 Å². The fourth-order valence-electron chi connectivity index (χ4n) is 2.57. The van der Waals surface area contributed by atoms with Crippen molar-refractivity contribution >= 4 is 23.1 Å². The Labute approximate surface area is 144 Å². The molecule has 0 saturated carbocycles. The van der Waals surface area contributed by atoms with Crippen LogP contribution in [-0.4, -0.2) is 9.97 Å². The molecule has 0 spiro atoms. The van der Waals surface area contributed by atoms with Gasteiger partial charge in [0.05, 0.1) is 0 Å². The maximum atomic E-state index is 5.94. The Morgan fingerprint density at radius 3 is 2.79 bits per heavy atom. The molecule has 5 nitrogen and oxygen atoms in total. The van der Waals surface area contributed by atoms with Crippen molar-refractivity contribution < 1.29 is 4.74 Å². The van der Waals surface area contributed by atoms with Crippen LogP contribution in [0.5, 0.6) is 11.6 Å². The summed E-state index contributed by atoms with van der Waals surface area (Å²) in [5.74, 6) is 2.04. The second kappa shape index (κ2) is 6.37. The predicted octanol–water partition coefficient (Wildman–Crippen LogP) is 4.46. The highest BCUT2D eigenvalue weighted by Crippen LogP contribution is 2.37. The van der Waals surface area contributed by atoms with Crippen molar-refractivity contribution in [3.63, 3.8) is 0 Å². The Kier molecular flexibility index (Phi) is 3.92. The van der Waals surface area contributed by atoms with Crippen LogP contribution in [0.25, 0.3) is 0 Å². The Balaban J connectivity index is 1.58. The second-order valence-electron chi connectivity index (χ2n) is 5.45. The Hall–Kier alpha value is -2.79. The maximum absolute atomic E-state index is 5.94. The minimum Gasteiger partial charge on any atom is -0.437 e. The van der Waals surface area contributed by atoms with Crippen LogP contribution >= 0.6 is 11.6 Å². The van der Waals surface area contributed by atoms with Gasteiger partial charge in [-0.2, -0.15) is 4.98 Å². The number of nitrogens with one attached hydrogen (secondary N) is 2. The van der Waals surface area contributed by atoms with Gasteiger partial charge in [-0.1, -0.05) is 41.9 Å². The first-order valence-corrected chi connectivity index (χ1v) is 8.00. The lowest BCUT2D eigenvalue weighted by Crippen LogP contribution is -2.07. The minimum atomic E-state index is 0.522. The van der Waals surface area contributed by atoms with E-state index in [-0.39, 0.29) is 0 Å². The van der Waals surface area contributed by atoms with Crippen molar-refractivity contribution in [2.24, 2.45) is 0 Å². The van der Waals surface area contributed by atoms with Gasteiger partial charge in [0, 0.05) is 23.7 Å². The van der Waals surface area contributed by atoms with Gasteiger partial charge in [0.2, 0.25) is 5.88 Å². The summed E-state index contributed by atoms with van der Waals surface area (Å²) in [6.07, 6.45) is 1.50. The first-order chi connectivity index (χ1) is 11.8. The van der Waals surface area contributed by atoms with Crippen LogP contribution in [0.1, 0.15) is 11.1 Å². The summed E-state index contributed by atoms with van der Waals surface area (Å²) in [6, 6.07) is 15.6. The van der Waals surface area contributed by atoms with E-state index in [1.807, 2.05) is 48.5 Å². The summed E-state index contributed by atoms with van der Waals surface area (Å²) >= 11 is 5.92. The van der Waals surface area contributed by atoms with E-state index in [4.69, 9.17) is 16.3 Å². The van der Waals surface area contributed by atoms with Gasteiger partial charge in [-0.3, -0.25) is 0 Å². The molecule has 0 fully saturated rings. The van der Waals surface area contributed by atoms with Crippen LogP contribution in [0.2, 0.25) is 5.02 Å². The molecule has 4 rings (SSSR count). The number of benzene rings is 2. The van der Waals surface area contributed by atoms with E-state index in [1.165, 1.54) is 6.33 Å². The summed E-state index contributed by atoms with van der Waals surface area (Å²) in [5, 5.41) is 7.41. The SMILES string of the molecule is Clc1ccc(CNc2ncnc3c2NCc2ccccc2O3)cc1. The van der Waals surface area contributed by atoms with E-state index < -0.39 is 0 Å². The van der Waals surface area contributed by atoms with Crippen molar-refractivity contribution in [1.82, 2.24) is 9.97 Å². The van der Waals surface area contributed by atoms with Gasteiger partial charge in [0.25, 0.3) is 0 Å². The molecule has 0 aliphatic carbocycles. The summed E-state index contributed by atoms with van der Waals surface area (Å²) in [7, 11) is 0. The topological polar surface area (TPSA) is 59.1 Å². The molecule has 0 unspecified atom stereocenters. The normalized spacial score (nSPS) is 12.2. The number of fused-ring (bicyclic) bond motifs is 2. The quantitative estimate of drug-likeness (QED) is 0.738. The number of hydrogen-bond acceptors (Lipinski definition) is 5. The predicted molar refractivity (Wildman–Crippen MR) is 94.7 cm³/mol. The minimum absolute atomic E-state index is 0.522. The van der Waals surface area contributed by atoms with Crippen LogP contribution in [-0.2, 0) is 13.1 Å². The third kappa shape index (κ3) is 2.98. The van der Waals surface area contributed by atoms with Crippen molar-refractivity contribution in [2.75, 3.05) is 10.6 Å². The van der Waals surface area contributed by atoms with Crippen molar-refractivity contribution in [2.45, 2.75) is 13.1 Å². The molecule has 0 atom stereocenters. The van der Waals surface area contributed by atoms with E-state index >= 15 is 0 Å². The van der Waals surface area contributed by atoms with Crippen molar-refractivity contribution in [3.8, 4) is 11.6 Å². The van der Waals surface area contributed by atoms with E-state index in [1.54, 1.807) is 0 Å². The first-order valence-electron chi connectivity index (χ1n) is 7.62. The van der Waals surface area contributed by atoms with E-state index in [2.05, 4.69) is 20.6 Å². The Morgan fingerprint density at radius 1 is 1.08 bits per heavy atom. The van der Waals surface area contributed by atoms with E-state index in [0.29, 0.717) is 24.8 Å². The zero-order chi connectivity index (χ0) is 16.4. The highest BCUT2D eigenvalue weighted by Gasteiger charge is 2.18. The largest absolute Gasteiger partial charge is 0.437 e. The number of ether oxygens (including phenoxy) is 1. The fraction of sp³-hybridized carbons (Fsp3) is 0.111. The summed E-state index contributed by atoms with van der Waals surface area (Å²) in [4.78, 5) is 8.59. The van der Waals surface area contributed by atoms with Crippen LogP contribution in [0.4, 0.5) is 11.5 Å². The average Bonchev–Trinajstić information content (AvgIpc) is 2.80. The van der Waals surface area contributed by atoms with Gasteiger partial charge in [0.15, 0.2) is 5.82 Å². The molecule has 0 amide bonds. The number of nitrogens with zero attached hydrogens (tertiary/aromatic N) is 2. The average molecular weight is 339 g/mol. The molecule has 3 aromatic rings. The van der Waals surface area contributed by atoms with Gasteiger partial charge < -0.3 is 15.4 Å². The maximum Gasteiger partial charge on any atom is 0.248 e. The third-order valence-corrected chi connectivity index (χ3v) is 4.07. The molecule has 2 aromatic carbocycles. The molecule has 6 heteroatoms. The lowest BCUT2D eigenvalue weighted by molar-refractivity contribution is 0.464. The molecular formula is C18H15ClN4O. The monoisotopic (exact) mass is 338 g/mol. The smallest absolute Gasteiger partial charge is 0.248 e. The molecule has 1 aromatic heterocycles. The van der Waals surface area contributed by atoms with E-state index in [9.17, 15) is 0 Å². The number of anilines is 2. The molecule has 1 aliphatic rings. The zero-order valence-corrected chi connectivity index (χ0v) is 13.5. The Bertz CT molecular complexity index is 867. The fourth-order valence-corrected chi connectivity index (χ4v) is 2.69. The molecule has 0 bridgehead atoms.